The molecular formula is C15H24N2O4S. The SMILES string of the molecule is O=C(O)CSCC(=O)N1CCC(CN2CCCCC2=O)CC1. The summed E-state index contributed by atoms with van der Waals surface area (Å²) in [5.74, 6) is 0.106. The second-order valence-electron chi connectivity index (χ2n) is 6.01. The average Bonchev–Trinajstić information content (AvgIpc) is 2.50. The number of carboxylic acid groups (broad SMARTS) is 1. The van der Waals surface area contributed by atoms with Gasteiger partial charge in [-0.1, -0.05) is 0 Å². The summed E-state index contributed by atoms with van der Waals surface area (Å²) in [6.45, 7) is 3.15. The normalized spacial score (nSPS) is 20.3. The molecule has 0 bridgehead atoms. The molecule has 2 heterocycles. The molecule has 124 valence electrons. The fourth-order valence-electron chi connectivity index (χ4n) is 3.05. The first-order valence-corrected chi connectivity index (χ1v) is 9.07. The van der Waals surface area contributed by atoms with Crippen molar-refractivity contribution >= 4 is 29.5 Å². The number of amides is 2. The van der Waals surface area contributed by atoms with Crippen LogP contribution in [-0.4, -0.2) is 70.4 Å². The Bertz CT molecular complexity index is 422. The van der Waals surface area contributed by atoms with Crippen LogP contribution in [0.2, 0.25) is 0 Å². The number of carboxylic acids is 1. The molecule has 2 amide bonds. The highest BCUT2D eigenvalue weighted by Crippen LogP contribution is 2.21. The number of aliphatic carboxylic acids is 1. The molecule has 0 aromatic carbocycles. The lowest BCUT2D eigenvalue weighted by molar-refractivity contribution is -0.135. The third kappa shape index (κ3) is 5.19. The minimum atomic E-state index is -0.886. The molecule has 6 nitrogen and oxygen atoms in total. The molecule has 2 aliphatic heterocycles. The third-order valence-corrected chi connectivity index (χ3v) is 5.22. The molecule has 0 aromatic heterocycles. The summed E-state index contributed by atoms with van der Waals surface area (Å²) in [5, 5.41) is 8.57. The van der Waals surface area contributed by atoms with Gasteiger partial charge in [-0.2, -0.15) is 0 Å². The van der Waals surface area contributed by atoms with E-state index in [1.54, 1.807) is 0 Å². The van der Waals surface area contributed by atoms with Gasteiger partial charge in [-0.25, -0.2) is 0 Å². The van der Waals surface area contributed by atoms with Gasteiger partial charge >= 0.3 is 5.97 Å². The maximum Gasteiger partial charge on any atom is 0.313 e. The van der Waals surface area contributed by atoms with Crippen LogP contribution in [0.4, 0.5) is 0 Å². The van der Waals surface area contributed by atoms with Gasteiger partial charge in [-0.05, 0) is 31.6 Å². The Labute approximate surface area is 135 Å². The van der Waals surface area contributed by atoms with Gasteiger partial charge in [0.2, 0.25) is 11.8 Å². The molecule has 22 heavy (non-hydrogen) atoms. The van der Waals surface area contributed by atoms with E-state index in [-0.39, 0.29) is 23.3 Å². The Balaban J connectivity index is 1.67. The van der Waals surface area contributed by atoms with Crippen LogP contribution < -0.4 is 0 Å². The summed E-state index contributed by atoms with van der Waals surface area (Å²) >= 11 is 1.15. The smallest absolute Gasteiger partial charge is 0.313 e. The quantitative estimate of drug-likeness (QED) is 0.789. The number of rotatable bonds is 6. The molecule has 0 aromatic rings. The Kier molecular flexibility index (Phi) is 6.54. The van der Waals surface area contributed by atoms with E-state index >= 15 is 0 Å². The van der Waals surface area contributed by atoms with Crippen LogP contribution in [0.3, 0.4) is 0 Å². The summed E-state index contributed by atoms with van der Waals surface area (Å²) in [6.07, 6.45) is 4.65. The van der Waals surface area contributed by atoms with Gasteiger partial charge in [0.05, 0.1) is 11.5 Å². The zero-order chi connectivity index (χ0) is 15.9. The van der Waals surface area contributed by atoms with Crippen LogP contribution in [-0.2, 0) is 14.4 Å². The van der Waals surface area contributed by atoms with Gasteiger partial charge in [0.1, 0.15) is 0 Å². The van der Waals surface area contributed by atoms with Crippen molar-refractivity contribution in [2.24, 2.45) is 5.92 Å². The first-order valence-electron chi connectivity index (χ1n) is 7.91. The summed E-state index contributed by atoms with van der Waals surface area (Å²) in [6, 6.07) is 0. The van der Waals surface area contributed by atoms with Crippen molar-refractivity contribution in [3.63, 3.8) is 0 Å². The number of nitrogens with zero attached hydrogens (tertiary/aromatic N) is 2. The van der Waals surface area contributed by atoms with Crippen LogP contribution in [0.15, 0.2) is 0 Å². The fraction of sp³-hybridized carbons (Fsp3) is 0.800. The molecule has 7 heteroatoms. The topological polar surface area (TPSA) is 77.9 Å². The van der Waals surface area contributed by atoms with Crippen LogP contribution >= 0.6 is 11.8 Å². The second-order valence-corrected chi connectivity index (χ2v) is 6.99. The van der Waals surface area contributed by atoms with Crippen molar-refractivity contribution in [1.82, 2.24) is 9.80 Å². The fourth-order valence-corrected chi connectivity index (χ4v) is 3.68. The maximum absolute atomic E-state index is 12.0. The van der Waals surface area contributed by atoms with Crippen molar-refractivity contribution < 1.29 is 19.5 Å². The zero-order valence-electron chi connectivity index (χ0n) is 12.8. The minimum absolute atomic E-state index is 0.0266. The lowest BCUT2D eigenvalue weighted by atomic mass is 9.95. The van der Waals surface area contributed by atoms with Crippen molar-refractivity contribution in [3.8, 4) is 0 Å². The van der Waals surface area contributed by atoms with Crippen molar-refractivity contribution in [3.05, 3.63) is 0 Å². The molecule has 0 spiro atoms. The Morgan fingerprint density at radius 1 is 1.14 bits per heavy atom. The highest BCUT2D eigenvalue weighted by Gasteiger charge is 2.26. The Morgan fingerprint density at radius 2 is 1.86 bits per heavy atom. The van der Waals surface area contributed by atoms with Crippen LogP contribution in [0.25, 0.3) is 0 Å². The number of hydrogen-bond donors (Lipinski definition) is 1. The number of hydrogen-bond acceptors (Lipinski definition) is 4. The molecule has 0 saturated carbocycles. The lowest BCUT2D eigenvalue weighted by Crippen LogP contribution is -2.44. The first-order chi connectivity index (χ1) is 10.6. The minimum Gasteiger partial charge on any atom is -0.481 e. The van der Waals surface area contributed by atoms with Crippen molar-refractivity contribution in [1.29, 1.82) is 0 Å². The van der Waals surface area contributed by atoms with E-state index in [0.717, 1.165) is 63.6 Å². The standard InChI is InChI=1S/C15H24N2O4S/c18-13-3-1-2-6-17(13)9-12-4-7-16(8-5-12)14(19)10-22-11-15(20)21/h12H,1-11H2,(H,20,21). The van der Waals surface area contributed by atoms with Crippen molar-refractivity contribution in [2.75, 3.05) is 37.7 Å². The summed E-state index contributed by atoms with van der Waals surface area (Å²) in [7, 11) is 0. The molecule has 0 unspecified atom stereocenters. The van der Waals surface area contributed by atoms with Gasteiger partial charge < -0.3 is 14.9 Å². The number of carbonyl (C=O) groups is 3. The van der Waals surface area contributed by atoms with E-state index in [1.807, 2.05) is 9.80 Å². The summed E-state index contributed by atoms with van der Waals surface area (Å²) in [5.41, 5.74) is 0. The van der Waals surface area contributed by atoms with Crippen LogP contribution in [0, 0.1) is 5.92 Å². The molecule has 1 N–H and O–H groups in total. The van der Waals surface area contributed by atoms with Gasteiger partial charge in [0.15, 0.2) is 0 Å². The number of carbonyl (C=O) groups excluding carboxylic acids is 2. The predicted molar refractivity (Wildman–Crippen MR) is 84.7 cm³/mol. The lowest BCUT2D eigenvalue weighted by Gasteiger charge is -2.36. The molecule has 2 fully saturated rings. The second kappa shape index (κ2) is 8.41. The summed E-state index contributed by atoms with van der Waals surface area (Å²) < 4.78 is 0. The molecule has 2 aliphatic rings. The monoisotopic (exact) mass is 328 g/mol. The highest BCUT2D eigenvalue weighted by atomic mass is 32.2. The number of likely N-dealkylation sites (tertiary alicyclic amines) is 2. The van der Waals surface area contributed by atoms with Gasteiger partial charge in [0, 0.05) is 32.6 Å². The molecule has 2 rings (SSSR count). The first kappa shape index (κ1) is 17.1. The zero-order valence-corrected chi connectivity index (χ0v) is 13.6. The third-order valence-electron chi connectivity index (χ3n) is 4.32. The predicted octanol–water partition coefficient (Wildman–Crippen LogP) is 1.06. The highest BCUT2D eigenvalue weighted by molar-refractivity contribution is 8.00. The van der Waals surface area contributed by atoms with Gasteiger partial charge in [-0.15, -0.1) is 11.8 Å². The largest absolute Gasteiger partial charge is 0.481 e. The molecule has 0 radical (unpaired) electrons. The summed E-state index contributed by atoms with van der Waals surface area (Å²) in [4.78, 5) is 38.0. The number of thioether (sulfide) groups is 1. The maximum atomic E-state index is 12.0. The Morgan fingerprint density at radius 3 is 2.50 bits per heavy atom. The van der Waals surface area contributed by atoms with Gasteiger partial charge in [-0.3, -0.25) is 14.4 Å². The van der Waals surface area contributed by atoms with E-state index in [2.05, 4.69) is 0 Å². The van der Waals surface area contributed by atoms with E-state index < -0.39 is 5.97 Å². The van der Waals surface area contributed by atoms with E-state index in [1.165, 1.54) is 0 Å². The van der Waals surface area contributed by atoms with Crippen LogP contribution in [0.1, 0.15) is 32.1 Å². The number of piperidine rings is 2. The van der Waals surface area contributed by atoms with Gasteiger partial charge in [0.25, 0.3) is 0 Å². The molecular weight excluding hydrogens is 304 g/mol. The molecule has 0 aliphatic carbocycles. The van der Waals surface area contributed by atoms with E-state index in [9.17, 15) is 14.4 Å². The molecule has 2 saturated heterocycles. The van der Waals surface area contributed by atoms with Crippen molar-refractivity contribution in [2.45, 2.75) is 32.1 Å². The van der Waals surface area contributed by atoms with E-state index in [4.69, 9.17) is 5.11 Å². The average molecular weight is 328 g/mol. The Hall–Kier alpha value is -1.24. The van der Waals surface area contributed by atoms with E-state index in [0.29, 0.717) is 12.3 Å². The van der Waals surface area contributed by atoms with Crippen LogP contribution in [0.5, 0.6) is 0 Å². The molecule has 0 atom stereocenters.